The number of benzene rings is 1. The van der Waals surface area contributed by atoms with Gasteiger partial charge in [-0.05, 0) is 24.8 Å². The summed E-state index contributed by atoms with van der Waals surface area (Å²) in [5.41, 5.74) is 0.770. The molecule has 1 saturated carbocycles. The van der Waals surface area contributed by atoms with Gasteiger partial charge in [-0.3, -0.25) is 4.90 Å². The minimum absolute atomic E-state index is 0. The van der Waals surface area contributed by atoms with Gasteiger partial charge in [-0.2, -0.15) is 0 Å². The Morgan fingerprint density at radius 3 is 2.55 bits per heavy atom. The molecule has 0 unspecified atom stereocenters. The number of nitrogens with zero attached hydrogens (tertiary/aromatic N) is 1. The van der Waals surface area contributed by atoms with Crippen molar-refractivity contribution in [3.63, 3.8) is 0 Å². The molecule has 2 fully saturated rings. The van der Waals surface area contributed by atoms with E-state index in [4.69, 9.17) is 0 Å². The second-order valence-electron chi connectivity index (χ2n) is 5.60. The van der Waals surface area contributed by atoms with Gasteiger partial charge in [-0.15, -0.1) is 12.4 Å². The van der Waals surface area contributed by atoms with Crippen LogP contribution in [0.2, 0.25) is 0 Å². The zero-order valence-corrected chi connectivity index (χ0v) is 12.3. The second-order valence-corrected chi connectivity index (χ2v) is 5.60. The lowest BCUT2D eigenvalue weighted by Gasteiger charge is -2.43. The first-order valence-corrected chi connectivity index (χ1v) is 7.19. The summed E-state index contributed by atoms with van der Waals surface area (Å²) in [6, 6.07) is 5.09. The summed E-state index contributed by atoms with van der Waals surface area (Å²) in [5.74, 6) is -0.0966. The zero-order valence-electron chi connectivity index (χ0n) is 11.5. The van der Waals surface area contributed by atoms with E-state index in [1.54, 1.807) is 6.07 Å². The minimum Gasteiger partial charge on any atom is -0.505 e. The molecule has 1 heterocycles. The van der Waals surface area contributed by atoms with Crippen LogP contribution in [0.25, 0.3) is 0 Å². The lowest BCUT2D eigenvalue weighted by molar-refractivity contribution is 0.0815. The van der Waals surface area contributed by atoms with Crippen LogP contribution < -0.4 is 5.32 Å². The number of hydrogen-bond acceptors (Lipinski definition) is 3. The maximum absolute atomic E-state index is 13.6. The quantitative estimate of drug-likeness (QED) is 0.901. The van der Waals surface area contributed by atoms with Gasteiger partial charge >= 0.3 is 0 Å². The number of nitrogens with one attached hydrogen (secondary N) is 1. The molecule has 1 aromatic rings. The molecule has 20 heavy (non-hydrogen) atoms. The van der Waals surface area contributed by atoms with E-state index in [1.807, 2.05) is 6.07 Å². The van der Waals surface area contributed by atoms with Crippen molar-refractivity contribution in [1.29, 1.82) is 0 Å². The van der Waals surface area contributed by atoms with E-state index in [9.17, 15) is 9.50 Å². The van der Waals surface area contributed by atoms with Gasteiger partial charge in [-0.1, -0.05) is 18.6 Å². The highest BCUT2D eigenvalue weighted by Gasteiger charge is 2.35. The van der Waals surface area contributed by atoms with Crippen molar-refractivity contribution in [3.8, 4) is 5.75 Å². The highest BCUT2D eigenvalue weighted by atomic mass is 35.5. The molecular formula is C15H22ClFN2O. The first-order valence-electron chi connectivity index (χ1n) is 7.19. The van der Waals surface area contributed by atoms with Gasteiger partial charge < -0.3 is 10.4 Å². The lowest BCUT2D eigenvalue weighted by Crippen LogP contribution is -2.47. The van der Waals surface area contributed by atoms with Gasteiger partial charge in [0.15, 0.2) is 11.6 Å². The molecule has 1 aromatic carbocycles. The van der Waals surface area contributed by atoms with Gasteiger partial charge in [0, 0.05) is 37.8 Å². The monoisotopic (exact) mass is 300 g/mol. The Kier molecular flexibility index (Phi) is 5.24. The number of piperazine rings is 1. The molecule has 0 amide bonds. The predicted octanol–water partition coefficient (Wildman–Crippen LogP) is 2.70. The van der Waals surface area contributed by atoms with Crippen molar-refractivity contribution >= 4 is 12.4 Å². The molecule has 2 aliphatic rings. The average molecular weight is 301 g/mol. The average Bonchev–Trinajstić information content (AvgIpc) is 2.38. The van der Waals surface area contributed by atoms with Gasteiger partial charge in [0.05, 0.1) is 0 Å². The number of halogens is 2. The molecule has 5 heteroatoms. The van der Waals surface area contributed by atoms with E-state index >= 15 is 0 Å². The fourth-order valence-corrected chi connectivity index (χ4v) is 3.24. The maximum Gasteiger partial charge on any atom is 0.165 e. The molecule has 3 nitrogen and oxygen atoms in total. The number of phenolic OH excluding ortho intramolecular Hbond substituents is 1. The highest BCUT2D eigenvalue weighted by Crippen LogP contribution is 2.44. The molecule has 3 rings (SSSR count). The third-order valence-corrected chi connectivity index (χ3v) is 4.48. The number of aromatic hydroxyl groups is 1. The number of hydrogen-bond donors (Lipinski definition) is 2. The summed E-state index contributed by atoms with van der Waals surface area (Å²) >= 11 is 0. The molecule has 1 saturated heterocycles. The number of rotatable bonds is 3. The van der Waals surface area contributed by atoms with E-state index in [0.29, 0.717) is 5.92 Å². The van der Waals surface area contributed by atoms with E-state index in [-0.39, 0.29) is 24.2 Å². The summed E-state index contributed by atoms with van der Waals surface area (Å²) < 4.78 is 13.6. The van der Waals surface area contributed by atoms with Crippen molar-refractivity contribution in [2.75, 3.05) is 26.2 Å². The number of phenols is 1. The van der Waals surface area contributed by atoms with Crippen LogP contribution in [0.4, 0.5) is 4.39 Å². The molecule has 1 aliphatic heterocycles. The third-order valence-electron chi connectivity index (χ3n) is 4.48. The van der Waals surface area contributed by atoms with Crippen molar-refractivity contribution < 1.29 is 9.50 Å². The molecule has 2 N–H and O–H groups in total. The summed E-state index contributed by atoms with van der Waals surface area (Å²) in [7, 11) is 0. The molecule has 0 radical (unpaired) electrons. The molecule has 0 spiro atoms. The Balaban J connectivity index is 0.00000147. The topological polar surface area (TPSA) is 35.5 Å². The summed E-state index contributed by atoms with van der Waals surface area (Å²) in [6.45, 7) is 3.88. The van der Waals surface area contributed by atoms with Crippen LogP contribution >= 0.6 is 12.4 Å². The van der Waals surface area contributed by atoms with E-state index in [2.05, 4.69) is 10.2 Å². The van der Waals surface area contributed by atoms with Gasteiger partial charge in [0.25, 0.3) is 0 Å². The van der Waals surface area contributed by atoms with Crippen molar-refractivity contribution in [3.05, 3.63) is 29.6 Å². The molecule has 0 aromatic heterocycles. The first-order chi connectivity index (χ1) is 9.27. The minimum atomic E-state index is -0.503. The van der Waals surface area contributed by atoms with Gasteiger partial charge in [0.1, 0.15) is 0 Å². The first kappa shape index (κ1) is 15.5. The molecule has 0 bridgehead atoms. The van der Waals surface area contributed by atoms with E-state index in [1.165, 1.54) is 25.3 Å². The normalized spacial score (nSPS) is 21.9. The fourth-order valence-electron chi connectivity index (χ4n) is 3.24. The Bertz CT molecular complexity index is 447. The summed E-state index contributed by atoms with van der Waals surface area (Å²) in [4.78, 5) is 2.40. The Hall–Kier alpha value is -0.840. The van der Waals surface area contributed by atoms with E-state index in [0.717, 1.165) is 31.7 Å². The van der Waals surface area contributed by atoms with Crippen LogP contribution in [0, 0.1) is 11.7 Å². The van der Waals surface area contributed by atoms with Gasteiger partial charge in [-0.25, -0.2) is 4.39 Å². The molecule has 1 aliphatic carbocycles. The maximum atomic E-state index is 13.6. The standard InChI is InChI=1S/C15H21FN2O.ClH/c16-13-6-2-5-12(15(13)19)14(11-3-1-4-11)18-9-7-17-8-10-18;/h2,5-6,11,14,17,19H,1,3-4,7-10H2;1H/t14-;/m1./s1. The van der Waals surface area contributed by atoms with Crippen molar-refractivity contribution in [1.82, 2.24) is 10.2 Å². The fraction of sp³-hybridized carbons (Fsp3) is 0.600. The Labute approximate surface area is 125 Å². The van der Waals surface area contributed by atoms with Crippen LogP contribution in [-0.2, 0) is 0 Å². The van der Waals surface area contributed by atoms with Crippen LogP contribution in [0.15, 0.2) is 18.2 Å². The molecular weight excluding hydrogens is 279 g/mol. The number of para-hydroxylation sites is 1. The molecule has 112 valence electrons. The van der Waals surface area contributed by atoms with Crippen LogP contribution in [0.5, 0.6) is 5.75 Å². The van der Waals surface area contributed by atoms with Crippen molar-refractivity contribution in [2.45, 2.75) is 25.3 Å². The largest absolute Gasteiger partial charge is 0.505 e. The third kappa shape index (κ3) is 2.92. The SMILES string of the molecule is Cl.Oc1c(F)cccc1[C@@H](C1CCC1)N1CCNCC1. The van der Waals surface area contributed by atoms with Crippen LogP contribution in [0.3, 0.4) is 0 Å². The predicted molar refractivity (Wildman–Crippen MR) is 79.8 cm³/mol. The smallest absolute Gasteiger partial charge is 0.165 e. The van der Waals surface area contributed by atoms with Crippen molar-refractivity contribution in [2.24, 2.45) is 5.92 Å². The second kappa shape index (κ2) is 6.74. The molecule has 1 atom stereocenters. The lowest BCUT2D eigenvalue weighted by atomic mass is 9.76. The van der Waals surface area contributed by atoms with Crippen LogP contribution in [0.1, 0.15) is 30.9 Å². The summed E-state index contributed by atoms with van der Waals surface area (Å²) in [6.07, 6.45) is 3.62. The zero-order chi connectivity index (χ0) is 13.2. The summed E-state index contributed by atoms with van der Waals surface area (Å²) in [5, 5.41) is 13.4. The highest BCUT2D eigenvalue weighted by molar-refractivity contribution is 5.85. The van der Waals surface area contributed by atoms with Gasteiger partial charge in [0.2, 0.25) is 0 Å². The Morgan fingerprint density at radius 2 is 1.95 bits per heavy atom. The van der Waals surface area contributed by atoms with E-state index < -0.39 is 5.82 Å². The van der Waals surface area contributed by atoms with Crippen LogP contribution in [-0.4, -0.2) is 36.2 Å². The Morgan fingerprint density at radius 1 is 1.25 bits per heavy atom.